The van der Waals surface area contributed by atoms with E-state index in [1.807, 2.05) is 11.8 Å². The van der Waals surface area contributed by atoms with Gasteiger partial charge in [0, 0.05) is 11.8 Å². The lowest BCUT2D eigenvalue weighted by Crippen LogP contribution is -2.31. The summed E-state index contributed by atoms with van der Waals surface area (Å²) in [6.45, 7) is 4.00. The summed E-state index contributed by atoms with van der Waals surface area (Å²) in [7, 11) is 0. The fourth-order valence-electron chi connectivity index (χ4n) is 1.87. The predicted octanol–water partition coefficient (Wildman–Crippen LogP) is 2.77. The van der Waals surface area contributed by atoms with Crippen LogP contribution in [0.1, 0.15) is 30.5 Å². The molecule has 0 bridgehead atoms. The zero-order chi connectivity index (χ0) is 12.1. The van der Waals surface area contributed by atoms with Gasteiger partial charge < -0.3 is 10.5 Å². The molecule has 1 aromatic carbocycles. The molecule has 1 aliphatic heterocycles. The van der Waals surface area contributed by atoms with Crippen molar-refractivity contribution in [2.24, 2.45) is 5.73 Å². The van der Waals surface area contributed by atoms with E-state index in [0.717, 1.165) is 25.4 Å². The largest absolute Gasteiger partial charge is 0.379 e. The first-order chi connectivity index (χ1) is 8.29. The highest BCUT2D eigenvalue weighted by Gasteiger charge is 2.19. The van der Waals surface area contributed by atoms with Gasteiger partial charge in [0.05, 0.1) is 18.5 Å². The second-order valence-corrected chi connectivity index (χ2v) is 5.92. The van der Waals surface area contributed by atoms with Crippen molar-refractivity contribution in [3.63, 3.8) is 0 Å². The van der Waals surface area contributed by atoms with Crippen molar-refractivity contribution in [3.8, 4) is 0 Å². The standard InChI is InChI=1S/C14H21NOS/c1-2-3-11-4-6-12(7-5-11)14(15)10-17-13-8-16-9-13/h4-7,13-14H,2-3,8-10,15H2,1H3. The second-order valence-electron chi connectivity index (χ2n) is 4.59. The lowest BCUT2D eigenvalue weighted by molar-refractivity contribution is 0.0455. The van der Waals surface area contributed by atoms with E-state index in [1.165, 1.54) is 17.5 Å². The van der Waals surface area contributed by atoms with Gasteiger partial charge in [-0.1, -0.05) is 37.6 Å². The molecule has 0 amide bonds. The Balaban J connectivity index is 1.82. The highest BCUT2D eigenvalue weighted by atomic mass is 32.2. The molecule has 1 atom stereocenters. The number of hydrogen-bond acceptors (Lipinski definition) is 3. The maximum atomic E-state index is 6.18. The maximum Gasteiger partial charge on any atom is 0.0607 e. The van der Waals surface area contributed by atoms with Crippen molar-refractivity contribution in [2.45, 2.75) is 31.1 Å². The van der Waals surface area contributed by atoms with Crippen molar-refractivity contribution in [2.75, 3.05) is 19.0 Å². The van der Waals surface area contributed by atoms with Crippen LogP contribution < -0.4 is 5.73 Å². The van der Waals surface area contributed by atoms with E-state index in [9.17, 15) is 0 Å². The average Bonchev–Trinajstić information content (AvgIpc) is 2.28. The van der Waals surface area contributed by atoms with E-state index in [2.05, 4.69) is 31.2 Å². The summed E-state index contributed by atoms with van der Waals surface area (Å²) in [5.74, 6) is 0.987. The van der Waals surface area contributed by atoms with Crippen LogP contribution in [0.3, 0.4) is 0 Å². The molecule has 0 radical (unpaired) electrons. The number of rotatable bonds is 6. The van der Waals surface area contributed by atoms with Crippen LogP contribution in [0.25, 0.3) is 0 Å². The number of thioether (sulfide) groups is 1. The van der Waals surface area contributed by atoms with Crippen LogP contribution in [0.2, 0.25) is 0 Å². The maximum absolute atomic E-state index is 6.18. The Kier molecular flexibility index (Phi) is 4.89. The Morgan fingerprint density at radius 3 is 2.59 bits per heavy atom. The third-order valence-electron chi connectivity index (χ3n) is 3.07. The monoisotopic (exact) mass is 251 g/mol. The molecule has 0 spiro atoms. The Labute approximate surface area is 108 Å². The Morgan fingerprint density at radius 2 is 2.06 bits per heavy atom. The minimum atomic E-state index is 0.149. The van der Waals surface area contributed by atoms with Gasteiger partial charge in [-0.2, -0.15) is 11.8 Å². The van der Waals surface area contributed by atoms with Gasteiger partial charge in [0.15, 0.2) is 0 Å². The summed E-state index contributed by atoms with van der Waals surface area (Å²) < 4.78 is 5.15. The van der Waals surface area contributed by atoms with E-state index in [-0.39, 0.29) is 6.04 Å². The highest BCUT2D eigenvalue weighted by molar-refractivity contribution is 8.00. The Hall–Kier alpha value is -0.510. The molecule has 2 N–H and O–H groups in total. The SMILES string of the molecule is CCCc1ccc(C(N)CSC2COC2)cc1. The molecule has 3 heteroatoms. The molecular weight excluding hydrogens is 230 g/mol. The van der Waals surface area contributed by atoms with Gasteiger partial charge >= 0.3 is 0 Å². The van der Waals surface area contributed by atoms with E-state index in [0.29, 0.717) is 5.25 Å². The zero-order valence-corrected chi connectivity index (χ0v) is 11.2. The number of nitrogens with two attached hydrogens (primary N) is 1. The lowest BCUT2D eigenvalue weighted by atomic mass is 10.0. The van der Waals surface area contributed by atoms with Crippen LogP contribution in [-0.2, 0) is 11.2 Å². The average molecular weight is 251 g/mol. The normalized spacial score (nSPS) is 17.8. The molecule has 1 aromatic rings. The number of hydrogen-bond donors (Lipinski definition) is 1. The van der Waals surface area contributed by atoms with Gasteiger partial charge in [-0.05, 0) is 17.5 Å². The van der Waals surface area contributed by atoms with Gasteiger partial charge in [0.1, 0.15) is 0 Å². The molecule has 1 unspecified atom stereocenters. The van der Waals surface area contributed by atoms with Gasteiger partial charge in [0.25, 0.3) is 0 Å². The molecule has 2 nitrogen and oxygen atoms in total. The first kappa shape index (κ1) is 12.9. The zero-order valence-electron chi connectivity index (χ0n) is 10.4. The molecule has 0 saturated carbocycles. The molecule has 0 aliphatic carbocycles. The third kappa shape index (κ3) is 3.73. The summed E-state index contributed by atoms with van der Waals surface area (Å²) in [6, 6.07) is 8.91. The molecule has 1 saturated heterocycles. The fraction of sp³-hybridized carbons (Fsp3) is 0.571. The lowest BCUT2D eigenvalue weighted by Gasteiger charge is -2.26. The molecule has 1 heterocycles. The molecule has 2 rings (SSSR count). The smallest absolute Gasteiger partial charge is 0.0607 e. The van der Waals surface area contributed by atoms with Crippen LogP contribution in [0.15, 0.2) is 24.3 Å². The summed E-state index contributed by atoms with van der Waals surface area (Å²) in [6.07, 6.45) is 2.35. The Morgan fingerprint density at radius 1 is 1.35 bits per heavy atom. The summed E-state index contributed by atoms with van der Waals surface area (Å²) in [5, 5.41) is 0.667. The van der Waals surface area contributed by atoms with E-state index in [4.69, 9.17) is 10.5 Å². The fourth-order valence-corrected chi connectivity index (χ4v) is 2.92. The molecule has 94 valence electrons. The topological polar surface area (TPSA) is 35.2 Å². The van der Waals surface area contributed by atoms with Crippen molar-refractivity contribution in [1.29, 1.82) is 0 Å². The van der Waals surface area contributed by atoms with Crippen molar-refractivity contribution >= 4 is 11.8 Å². The molecular formula is C14H21NOS. The van der Waals surface area contributed by atoms with Crippen LogP contribution in [-0.4, -0.2) is 24.2 Å². The first-order valence-corrected chi connectivity index (χ1v) is 7.38. The van der Waals surface area contributed by atoms with Crippen LogP contribution in [0.4, 0.5) is 0 Å². The van der Waals surface area contributed by atoms with Crippen LogP contribution >= 0.6 is 11.8 Å². The van der Waals surface area contributed by atoms with Crippen molar-refractivity contribution in [1.82, 2.24) is 0 Å². The number of benzene rings is 1. The van der Waals surface area contributed by atoms with E-state index in [1.54, 1.807) is 0 Å². The molecule has 1 aliphatic rings. The van der Waals surface area contributed by atoms with E-state index < -0.39 is 0 Å². The predicted molar refractivity (Wildman–Crippen MR) is 74.4 cm³/mol. The van der Waals surface area contributed by atoms with Crippen LogP contribution in [0.5, 0.6) is 0 Å². The van der Waals surface area contributed by atoms with E-state index >= 15 is 0 Å². The van der Waals surface area contributed by atoms with Crippen molar-refractivity contribution < 1.29 is 4.74 Å². The minimum Gasteiger partial charge on any atom is -0.379 e. The van der Waals surface area contributed by atoms with Gasteiger partial charge in [-0.15, -0.1) is 0 Å². The third-order valence-corrected chi connectivity index (χ3v) is 4.36. The van der Waals surface area contributed by atoms with Gasteiger partial charge in [-0.25, -0.2) is 0 Å². The van der Waals surface area contributed by atoms with Crippen molar-refractivity contribution in [3.05, 3.63) is 35.4 Å². The molecule has 0 aromatic heterocycles. The minimum absolute atomic E-state index is 0.149. The summed E-state index contributed by atoms with van der Waals surface area (Å²) in [5.41, 5.74) is 8.84. The molecule has 1 fully saturated rings. The highest BCUT2D eigenvalue weighted by Crippen LogP contribution is 2.24. The number of aryl methyl sites for hydroxylation is 1. The second kappa shape index (κ2) is 6.43. The summed E-state index contributed by atoms with van der Waals surface area (Å²) in [4.78, 5) is 0. The quantitative estimate of drug-likeness (QED) is 0.844. The van der Waals surface area contributed by atoms with Gasteiger partial charge in [0.2, 0.25) is 0 Å². The number of ether oxygens (including phenoxy) is 1. The van der Waals surface area contributed by atoms with Gasteiger partial charge in [-0.3, -0.25) is 0 Å². The first-order valence-electron chi connectivity index (χ1n) is 6.33. The summed E-state index contributed by atoms with van der Waals surface area (Å²) >= 11 is 1.93. The molecule has 17 heavy (non-hydrogen) atoms. The van der Waals surface area contributed by atoms with Crippen LogP contribution in [0, 0.1) is 0 Å². The Bertz CT molecular complexity index is 335.